The molecule has 2 aromatic rings. The first-order valence-corrected chi connectivity index (χ1v) is 7.25. The predicted molar refractivity (Wildman–Crippen MR) is 76.5 cm³/mol. The molecule has 0 amide bonds. The molecule has 0 aliphatic rings. The van der Waals surface area contributed by atoms with Gasteiger partial charge in [-0.05, 0) is 47.1 Å². The molecule has 19 heavy (non-hydrogen) atoms. The number of nitrogens with zero attached hydrogens (tertiary/aromatic N) is 3. The highest BCUT2D eigenvalue weighted by Crippen LogP contribution is 2.21. The van der Waals surface area contributed by atoms with E-state index in [4.69, 9.17) is 4.74 Å². The number of hydrogen-bond donors (Lipinski definition) is 0. The molecule has 0 bridgehead atoms. The van der Waals surface area contributed by atoms with Crippen LogP contribution in [0.2, 0.25) is 0 Å². The van der Waals surface area contributed by atoms with Crippen LogP contribution in [0.25, 0.3) is 0 Å². The van der Waals surface area contributed by atoms with E-state index in [0.29, 0.717) is 0 Å². The van der Waals surface area contributed by atoms with E-state index < -0.39 is 0 Å². The lowest BCUT2D eigenvalue weighted by Gasteiger charge is -2.03. The summed E-state index contributed by atoms with van der Waals surface area (Å²) in [6, 6.07) is 7.69. The highest BCUT2D eigenvalue weighted by molar-refractivity contribution is 7.12. The van der Waals surface area contributed by atoms with Crippen LogP contribution in [0.1, 0.15) is 19.8 Å². The molecule has 2 rings (SSSR count). The Morgan fingerprint density at radius 1 is 1.21 bits per heavy atom. The summed E-state index contributed by atoms with van der Waals surface area (Å²) in [4.78, 5) is 0. The summed E-state index contributed by atoms with van der Waals surface area (Å²) < 4.78 is 7.54. The maximum absolute atomic E-state index is 5.60. The Labute approximate surface area is 117 Å². The molecule has 0 aliphatic carbocycles. The normalized spacial score (nSPS) is 11.1. The predicted octanol–water partition coefficient (Wildman–Crippen LogP) is 4.17. The summed E-state index contributed by atoms with van der Waals surface area (Å²) in [6.07, 6.45) is 4.18. The van der Waals surface area contributed by atoms with Gasteiger partial charge in [-0.3, -0.25) is 0 Å². The van der Waals surface area contributed by atoms with Gasteiger partial charge < -0.3 is 4.74 Å². The molecule has 1 heterocycles. The van der Waals surface area contributed by atoms with E-state index in [-0.39, 0.29) is 0 Å². The molecular formula is C14H18N3OS+. The largest absolute Gasteiger partial charge is 0.494 e. The molecular weight excluding hydrogens is 258 g/mol. The molecule has 0 fully saturated rings. The highest BCUT2D eigenvalue weighted by atomic mass is 32.1. The lowest BCUT2D eigenvalue weighted by Crippen LogP contribution is -2.23. The molecule has 0 aliphatic heterocycles. The van der Waals surface area contributed by atoms with E-state index in [9.17, 15) is 0 Å². The Morgan fingerprint density at radius 3 is 2.63 bits per heavy atom. The lowest BCUT2D eigenvalue weighted by atomic mass is 10.3. The summed E-state index contributed by atoms with van der Waals surface area (Å²) in [5.74, 6) is 0.883. The zero-order valence-electron chi connectivity index (χ0n) is 11.2. The Balaban J connectivity index is 1.95. The van der Waals surface area contributed by atoms with E-state index in [2.05, 4.69) is 17.2 Å². The molecule has 5 heteroatoms. The van der Waals surface area contributed by atoms with Crippen LogP contribution in [0.3, 0.4) is 0 Å². The van der Waals surface area contributed by atoms with Gasteiger partial charge in [0.1, 0.15) is 17.6 Å². The monoisotopic (exact) mass is 276 g/mol. The average molecular weight is 276 g/mol. The van der Waals surface area contributed by atoms with Gasteiger partial charge in [0.25, 0.3) is 0 Å². The second kappa shape index (κ2) is 6.99. The Kier molecular flexibility index (Phi) is 5.03. The minimum absolute atomic E-state index is 0.766. The standard InChI is InChI=1S/C14H18N3OS/c1-3-4-10-18-13-7-5-12(6-8-13)15-16-14-17(2)9-11-19-14/h5-9,11H,3-4,10H2,1-2H3/q+1. The third kappa shape index (κ3) is 4.13. The first kappa shape index (κ1) is 13.7. The van der Waals surface area contributed by atoms with Crippen molar-refractivity contribution in [1.82, 2.24) is 0 Å². The number of rotatable bonds is 6. The molecule has 0 N–H and O–H groups in total. The second-order valence-corrected chi connectivity index (χ2v) is 5.07. The minimum Gasteiger partial charge on any atom is -0.494 e. The smallest absolute Gasteiger partial charge is 0.408 e. The molecule has 0 radical (unpaired) electrons. The van der Waals surface area contributed by atoms with Crippen molar-refractivity contribution in [3.63, 3.8) is 0 Å². The first-order valence-electron chi connectivity index (χ1n) is 6.37. The van der Waals surface area contributed by atoms with Crippen LogP contribution in [-0.4, -0.2) is 6.61 Å². The number of aromatic nitrogens is 1. The maximum Gasteiger partial charge on any atom is 0.408 e. The van der Waals surface area contributed by atoms with Gasteiger partial charge in [0, 0.05) is 5.38 Å². The van der Waals surface area contributed by atoms with Gasteiger partial charge in [-0.25, -0.2) is 4.57 Å². The molecule has 0 saturated carbocycles. The second-order valence-electron chi connectivity index (χ2n) is 4.19. The van der Waals surface area contributed by atoms with Gasteiger partial charge in [0.2, 0.25) is 0 Å². The van der Waals surface area contributed by atoms with Crippen LogP contribution in [0.15, 0.2) is 46.1 Å². The van der Waals surface area contributed by atoms with Crippen molar-refractivity contribution < 1.29 is 9.30 Å². The van der Waals surface area contributed by atoms with Crippen molar-refractivity contribution in [2.24, 2.45) is 17.3 Å². The summed E-state index contributed by atoms with van der Waals surface area (Å²) in [7, 11) is 1.95. The van der Waals surface area contributed by atoms with E-state index in [1.807, 2.05) is 47.5 Å². The molecule has 1 aromatic carbocycles. The average Bonchev–Trinajstić information content (AvgIpc) is 2.84. The Hall–Kier alpha value is -1.75. The van der Waals surface area contributed by atoms with Crippen LogP contribution < -0.4 is 9.30 Å². The molecule has 0 spiro atoms. The fourth-order valence-electron chi connectivity index (χ4n) is 1.47. The number of hydrogen-bond acceptors (Lipinski definition) is 4. The Morgan fingerprint density at radius 2 is 2.00 bits per heavy atom. The maximum atomic E-state index is 5.60. The topological polar surface area (TPSA) is 37.8 Å². The Bertz CT molecular complexity index is 534. The third-order valence-corrected chi connectivity index (χ3v) is 3.45. The fourth-order valence-corrected chi connectivity index (χ4v) is 2.15. The van der Waals surface area contributed by atoms with Crippen molar-refractivity contribution in [1.29, 1.82) is 0 Å². The van der Waals surface area contributed by atoms with Crippen LogP contribution in [-0.2, 0) is 7.05 Å². The summed E-state index contributed by atoms with van der Waals surface area (Å²) in [5.41, 5.74) is 0.830. The van der Waals surface area contributed by atoms with Gasteiger partial charge in [-0.1, -0.05) is 13.3 Å². The van der Waals surface area contributed by atoms with Crippen LogP contribution in [0, 0.1) is 0 Å². The summed E-state index contributed by atoms with van der Waals surface area (Å²) >= 11 is 1.56. The van der Waals surface area contributed by atoms with Gasteiger partial charge in [0.15, 0.2) is 0 Å². The summed E-state index contributed by atoms with van der Waals surface area (Å²) in [5, 5.41) is 11.3. The van der Waals surface area contributed by atoms with Crippen LogP contribution >= 0.6 is 11.3 Å². The number of thiazole rings is 1. The molecule has 0 saturated heterocycles. The molecule has 0 atom stereocenters. The van der Waals surface area contributed by atoms with Crippen molar-refractivity contribution in [3.8, 4) is 5.75 Å². The van der Waals surface area contributed by atoms with Crippen molar-refractivity contribution in [3.05, 3.63) is 35.8 Å². The molecule has 0 unspecified atom stereocenters. The lowest BCUT2D eigenvalue weighted by molar-refractivity contribution is -0.654. The number of benzene rings is 1. The van der Waals surface area contributed by atoms with Gasteiger partial charge in [-0.15, -0.1) is 0 Å². The molecule has 100 valence electrons. The summed E-state index contributed by atoms with van der Waals surface area (Å²) in [6.45, 7) is 2.92. The number of aryl methyl sites for hydroxylation is 1. The van der Waals surface area contributed by atoms with Crippen LogP contribution in [0.4, 0.5) is 10.8 Å². The first-order chi connectivity index (χ1) is 9.29. The molecule has 4 nitrogen and oxygen atoms in total. The van der Waals surface area contributed by atoms with Gasteiger partial charge in [0.05, 0.1) is 18.8 Å². The number of unbranched alkanes of at least 4 members (excludes halogenated alkanes) is 1. The zero-order valence-corrected chi connectivity index (χ0v) is 12.1. The number of ether oxygens (including phenoxy) is 1. The van der Waals surface area contributed by atoms with Gasteiger partial charge >= 0.3 is 5.13 Å². The number of azo groups is 1. The van der Waals surface area contributed by atoms with Crippen molar-refractivity contribution >= 4 is 22.2 Å². The van der Waals surface area contributed by atoms with Gasteiger partial charge in [-0.2, -0.15) is 0 Å². The van der Waals surface area contributed by atoms with Crippen molar-refractivity contribution in [2.45, 2.75) is 19.8 Å². The van der Waals surface area contributed by atoms with E-state index in [0.717, 1.165) is 36.0 Å². The fraction of sp³-hybridized carbons (Fsp3) is 0.357. The van der Waals surface area contributed by atoms with E-state index in [1.165, 1.54) is 0 Å². The third-order valence-electron chi connectivity index (χ3n) is 2.61. The quantitative estimate of drug-likeness (QED) is 0.443. The zero-order chi connectivity index (χ0) is 13.5. The minimum atomic E-state index is 0.766. The van der Waals surface area contributed by atoms with E-state index in [1.54, 1.807) is 11.3 Å². The van der Waals surface area contributed by atoms with E-state index >= 15 is 0 Å². The van der Waals surface area contributed by atoms with Crippen molar-refractivity contribution in [2.75, 3.05) is 6.61 Å². The highest BCUT2D eigenvalue weighted by Gasteiger charge is 2.06. The SMILES string of the molecule is CCCCOc1ccc(N=Nc2scc[n+]2C)cc1. The molecule has 1 aromatic heterocycles. The van der Waals surface area contributed by atoms with Crippen LogP contribution in [0.5, 0.6) is 5.75 Å².